The lowest BCUT2D eigenvalue weighted by Crippen LogP contribution is -2.40. The number of nitrogens with zero attached hydrogens (tertiary/aromatic N) is 2. The molecule has 1 aromatic carbocycles. The zero-order valence-corrected chi connectivity index (χ0v) is 16.5. The lowest BCUT2D eigenvalue weighted by atomic mass is 10.1. The van der Waals surface area contributed by atoms with Gasteiger partial charge in [-0.05, 0) is 36.8 Å². The zero-order chi connectivity index (χ0) is 18.7. The van der Waals surface area contributed by atoms with Gasteiger partial charge < -0.3 is 10.1 Å². The van der Waals surface area contributed by atoms with Crippen molar-refractivity contribution in [2.45, 2.75) is 17.9 Å². The molecular weight excluding hydrogens is 397 g/mol. The number of aromatic nitrogens is 1. The van der Waals surface area contributed by atoms with Crippen molar-refractivity contribution in [3.8, 4) is 0 Å². The molecule has 140 valence electrons. The number of morpholine rings is 1. The van der Waals surface area contributed by atoms with Gasteiger partial charge in [-0.3, -0.25) is 0 Å². The van der Waals surface area contributed by atoms with Crippen molar-refractivity contribution in [2.75, 3.05) is 31.6 Å². The highest BCUT2D eigenvalue weighted by Gasteiger charge is 2.26. The summed E-state index contributed by atoms with van der Waals surface area (Å²) in [6.07, 6.45) is 1.37. The van der Waals surface area contributed by atoms with E-state index >= 15 is 0 Å². The average Bonchev–Trinajstić information content (AvgIpc) is 2.65. The third-order valence-corrected chi connectivity index (χ3v) is 6.77. The molecule has 0 spiro atoms. The van der Waals surface area contributed by atoms with Crippen molar-refractivity contribution in [3.05, 3.63) is 52.1 Å². The Bertz CT molecular complexity index is 869. The second kappa shape index (κ2) is 8.10. The standard InChI is InChI=1S/C17H19Cl2N3O3S/c1-12(13-2-4-15(18)16(19)10-13)21-17-5-3-14(11-20-17)26(23,24)22-6-8-25-9-7-22/h2-5,10-12H,6-9H2,1H3,(H,20,21). The first-order chi connectivity index (χ1) is 12.4. The van der Waals surface area contributed by atoms with Crippen LogP contribution in [0, 0.1) is 0 Å². The number of rotatable bonds is 5. The predicted molar refractivity (Wildman–Crippen MR) is 102 cm³/mol. The zero-order valence-electron chi connectivity index (χ0n) is 14.2. The summed E-state index contributed by atoms with van der Waals surface area (Å²) < 4.78 is 31.8. The lowest BCUT2D eigenvalue weighted by molar-refractivity contribution is 0.0730. The smallest absolute Gasteiger partial charge is 0.244 e. The highest BCUT2D eigenvalue weighted by molar-refractivity contribution is 7.89. The first-order valence-corrected chi connectivity index (χ1v) is 10.3. The van der Waals surface area contributed by atoms with Gasteiger partial charge in [0.25, 0.3) is 0 Å². The predicted octanol–water partition coefficient (Wildman–Crippen LogP) is 3.58. The van der Waals surface area contributed by atoms with Gasteiger partial charge in [0, 0.05) is 25.3 Å². The van der Waals surface area contributed by atoms with Crippen molar-refractivity contribution >= 4 is 39.0 Å². The molecule has 1 fully saturated rings. The Labute approximate surface area is 163 Å². The third-order valence-electron chi connectivity index (χ3n) is 4.15. The molecule has 1 aliphatic heterocycles. The molecule has 1 unspecified atom stereocenters. The van der Waals surface area contributed by atoms with E-state index in [1.807, 2.05) is 13.0 Å². The molecule has 1 aromatic heterocycles. The summed E-state index contributed by atoms with van der Waals surface area (Å²) in [4.78, 5) is 4.41. The van der Waals surface area contributed by atoms with Gasteiger partial charge in [0.15, 0.2) is 0 Å². The second-order valence-electron chi connectivity index (χ2n) is 5.94. The fraction of sp³-hybridized carbons (Fsp3) is 0.353. The summed E-state index contributed by atoms with van der Waals surface area (Å²) in [5.41, 5.74) is 0.950. The van der Waals surface area contributed by atoms with Gasteiger partial charge in [0.2, 0.25) is 10.0 Å². The minimum Gasteiger partial charge on any atom is -0.379 e. The highest BCUT2D eigenvalue weighted by atomic mass is 35.5. The second-order valence-corrected chi connectivity index (χ2v) is 8.69. The Balaban J connectivity index is 1.71. The summed E-state index contributed by atoms with van der Waals surface area (Å²) in [5, 5.41) is 4.20. The molecule has 2 aromatic rings. The van der Waals surface area contributed by atoms with Gasteiger partial charge in [0.1, 0.15) is 10.7 Å². The maximum atomic E-state index is 12.6. The maximum Gasteiger partial charge on any atom is 0.244 e. The highest BCUT2D eigenvalue weighted by Crippen LogP contribution is 2.27. The number of ether oxygens (including phenoxy) is 1. The molecule has 1 saturated heterocycles. The number of hydrogen-bond donors (Lipinski definition) is 1. The Morgan fingerprint density at radius 2 is 1.88 bits per heavy atom. The van der Waals surface area contributed by atoms with Crippen LogP contribution in [0.25, 0.3) is 0 Å². The average molecular weight is 416 g/mol. The van der Waals surface area contributed by atoms with Crippen molar-refractivity contribution in [2.24, 2.45) is 0 Å². The number of halogens is 2. The van der Waals surface area contributed by atoms with Gasteiger partial charge in [-0.2, -0.15) is 4.31 Å². The van der Waals surface area contributed by atoms with Gasteiger partial charge in [-0.1, -0.05) is 29.3 Å². The minimum atomic E-state index is -3.54. The van der Waals surface area contributed by atoms with Crippen molar-refractivity contribution in [3.63, 3.8) is 0 Å². The van der Waals surface area contributed by atoms with E-state index in [0.29, 0.717) is 42.2 Å². The Morgan fingerprint density at radius 3 is 2.50 bits per heavy atom. The van der Waals surface area contributed by atoms with Crippen molar-refractivity contribution in [1.82, 2.24) is 9.29 Å². The quantitative estimate of drug-likeness (QED) is 0.807. The van der Waals surface area contributed by atoms with E-state index in [1.165, 1.54) is 10.5 Å². The molecule has 6 nitrogen and oxygen atoms in total. The van der Waals surface area contributed by atoms with Gasteiger partial charge >= 0.3 is 0 Å². The molecule has 0 aliphatic carbocycles. The topological polar surface area (TPSA) is 71.5 Å². The van der Waals surface area contributed by atoms with Gasteiger partial charge in [0.05, 0.1) is 23.3 Å². The van der Waals surface area contributed by atoms with Crippen LogP contribution in [-0.4, -0.2) is 44.0 Å². The molecule has 0 amide bonds. The van der Waals surface area contributed by atoms with E-state index in [9.17, 15) is 8.42 Å². The normalized spacial score (nSPS) is 17.0. The molecule has 1 N–H and O–H groups in total. The molecule has 26 heavy (non-hydrogen) atoms. The number of sulfonamides is 1. The van der Waals surface area contributed by atoms with Crippen molar-refractivity contribution < 1.29 is 13.2 Å². The monoisotopic (exact) mass is 415 g/mol. The van der Waals surface area contributed by atoms with E-state index in [4.69, 9.17) is 27.9 Å². The maximum absolute atomic E-state index is 12.6. The number of pyridine rings is 1. The molecule has 1 atom stereocenters. The SMILES string of the molecule is CC(Nc1ccc(S(=O)(=O)N2CCOCC2)cn1)c1ccc(Cl)c(Cl)c1. The first-order valence-electron chi connectivity index (χ1n) is 8.13. The first kappa shape index (κ1) is 19.4. The third kappa shape index (κ3) is 4.29. The molecule has 0 bridgehead atoms. The van der Waals surface area contributed by atoms with Crippen LogP contribution < -0.4 is 5.32 Å². The number of nitrogens with one attached hydrogen (secondary N) is 1. The molecule has 0 radical (unpaired) electrons. The van der Waals surface area contributed by atoms with Gasteiger partial charge in [-0.15, -0.1) is 0 Å². The fourth-order valence-corrected chi connectivity index (χ4v) is 4.30. The lowest BCUT2D eigenvalue weighted by Gasteiger charge is -2.26. The van der Waals surface area contributed by atoms with Crippen LogP contribution in [0.4, 0.5) is 5.82 Å². The Hall–Kier alpha value is -1.38. The van der Waals surface area contributed by atoms with E-state index in [2.05, 4.69) is 10.3 Å². The van der Waals surface area contributed by atoms with Crippen LogP contribution in [0.2, 0.25) is 10.0 Å². The van der Waals surface area contributed by atoms with Crippen LogP contribution in [0.15, 0.2) is 41.4 Å². The van der Waals surface area contributed by atoms with E-state index in [1.54, 1.807) is 24.3 Å². The van der Waals surface area contributed by atoms with Crippen LogP contribution in [0.1, 0.15) is 18.5 Å². The largest absolute Gasteiger partial charge is 0.379 e. The van der Waals surface area contributed by atoms with Crippen LogP contribution in [0.3, 0.4) is 0 Å². The summed E-state index contributed by atoms with van der Waals surface area (Å²) >= 11 is 12.0. The molecule has 3 rings (SSSR count). The van der Waals surface area contributed by atoms with Crippen molar-refractivity contribution in [1.29, 1.82) is 0 Å². The van der Waals surface area contributed by atoms with Crippen LogP contribution >= 0.6 is 23.2 Å². The Kier molecular flexibility index (Phi) is 6.04. The molecule has 1 aliphatic rings. The molecule has 2 heterocycles. The van der Waals surface area contributed by atoms with Crippen LogP contribution in [-0.2, 0) is 14.8 Å². The van der Waals surface area contributed by atoms with Gasteiger partial charge in [-0.25, -0.2) is 13.4 Å². The van der Waals surface area contributed by atoms with Crippen LogP contribution in [0.5, 0.6) is 0 Å². The number of benzene rings is 1. The summed E-state index contributed by atoms with van der Waals surface area (Å²) in [7, 11) is -3.54. The molecule has 0 saturated carbocycles. The summed E-state index contributed by atoms with van der Waals surface area (Å²) in [6.45, 7) is 3.49. The number of anilines is 1. The molecule has 9 heteroatoms. The summed E-state index contributed by atoms with van der Waals surface area (Å²) in [6, 6.07) is 8.55. The summed E-state index contributed by atoms with van der Waals surface area (Å²) in [5.74, 6) is 0.574. The minimum absolute atomic E-state index is 0.0704. The van der Waals surface area contributed by atoms with E-state index in [0.717, 1.165) is 5.56 Å². The van der Waals surface area contributed by atoms with E-state index in [-0.39, 0.29) is 10.9 Å². The number of hydrogen-bond acceptors (Lipinski definition) is 5. The fourth-order valence-electron chi connectivity index (χ4n) is 2.64. The Morgan fingerprint density at radius 1 is 1.15 bits per heavy atom. The molecular formula is C17H19Cl2N3O3S. The van der Waals surface area contributed by atoms with E-state index < -0.39 is 10.0 Å².